The van der Waals surface area contributed by atoms with Gasteiger partial charge >= 0.3 is 6.03 Å². The van der Waals surface area contributed by atoms with Gasteiger partial charge in [0.2, 0.25) is 0 Å². The van der Waals surface area contributed by atoms with E-state index >= 15 is 0 Å². The molecule has 7 nitrogen and oxygen atoms in total. The maximum Gasteiger partial charge on any atom is 0.321 e. The fraction of sp³-hybridized carbons (Fsp3) is 0.286. The van der Waals surface area contributed by atoms with Crippen molar-refractivity contribution in [3.63, 3.8) is 0 Å². The lowest BCUT2D eigenvalue weighted by atomic mass is 10.0. The number of anilines is 2. The lowest BCUT2D eigenvalue weighted by molar-refractivity contribution is 0.192. The van der Waals surface area contributed by atoms with E-state index in [-0.39, 0.29) is 12.1 Å². The van der Waals surface area contributed by atoms with Crippen LogP contribution in [0.25, 0.3) is 11.0 Å². The zero-order valence-electron chi connectivity index (χ0n) is 15.7. The molecular formula is C21H22N6O. The van der Waals surface area contributed by atoms with E-state index in [0.29, 0.717) is 17.8 Å². The van der Waals surface area contributed by atoms with Crippen LogP contribution in [-0.2, 0) is 0 Å². The third-order valence-corrected chi connectivity index (χ3v) is 5.29. The summed E-state index contributed by atoms with van der Waals surface area (Å²) in [6.45, 7) is 1.37. The minimum absolute atomic E-state index is 0.130. The van der Waals surface area contributed by atoms with Crippen LogP contribution in [0.5, 0.6) is 0 Å². The van der Waals surface area contributed by atoms with Crippen molar-refractivity contribution in [3.8, 4) is 6.07 Å². The molecule has 0 bridgehead atoms. The number of fused-ring (bicyclic) bond motifs is 1. The summed E-state index contributed by atoms with van der Waals surface area (Å²) in [6.07, 6.45) is 5.67. The van der Waals surface area contributed by atoms with Crippen molar-refractivity contribution >= 4 is 28.4 Å². The Kier molecular flexibility index (Phi) is 4.85. The summed E-state index contributed by atoms with van der Waals surface area (Å²) in [5.41, 5.74) is 3.15. The van der Waals surface area contributed by atoms with Gasteiger partial charge in [-0.15, -0.1) is 0 Å². The number of pyridine rings is 1. The molecule has 0 spiro atoms. The molecule has 3 aromatic rings. The molecule has 28 heavy (non-hydrogen) atoms. The third-order valence-electron chi connectivity index (χ3n) is 5.29. The van der Waals surface area contributed by atoms with Crippen molar-refractivity contribution in [2.45, 2.75) is 18.9 Å². The molecule has 2 aromatic heterocycles. The second-order valence-corrected chi connectivity index (χ2v) is 7.05. The summed E-state index contributed by atoms with van der Waals surface area (Å²) in [5.74, 6) is 0. The van der Waals surface area contributed by atoms with Gasteiger partial charge in [-0.25, -0.2) is 9.78 Å². The summed E-state index contributed by atoms with van der Waals surface area (Å²) in [4.78, 5) is 24.3. The van der Waals surface area contributed by atoms with E-state index in [1.807, 2.05) is 23.2 Å². The van der Waals surface area contributed by atoms with Gasteiger partial charge in [0.05, 0.1) is 11.6 Å². The molecule has 0 aliphatic carbocycles. The van der Waals surface area contributed by atoms with Gasteiger partial charge in [0.15, 0.2) is 0 Å². The number of rotatable bonds is 3. The Hall–Kier alpha value is -3.53. The summed E-state index contributed by atoms with van der Waals surface area (Å²) >= 11 is 0. The minimum atomic E-state index is -0.130. The van der Waals surface area contributed by atoms with Crippen LogP contribution in [0.4, 0.5) is 16.2 Å². The molecule has 0 saturated carbocycles. The summed E-state index contributed by atoms with van der Waals surface area (Å²) in [5, 5.41) is 13.0. The van der Waals surface area contributed by atoms with E-state index in [2.05, 4.69) is 33.3 Å². The Morgan fingerprint density at radius 1 is 1.39 bits per heavy atom. The molecule has 3 heterocycles. The smallest absolute Gasteiger partial charge is 0.321 e. The van der Waals surface area contributed by atoms with Gasteiger partial charge in [0.25, 0.3) is 0 Å². The van der Waals surface area contributed by atoms with Crippen molar-refractivity contribution in [1.29, 1.82) is 5.26 Å². The molecule has 1 aliphatic rings. The molecule has 1 atom stereocenters. The number of nitrogens with one attached hydrogen (secondary N) is 2. The Labute approximate surface area is 163 Å². The van der Waals surface area contributed by atoms with Crippen molar-refractivity contribution in [3.05, 3.63) is 54.4 Å². The number of amides is 2. The first-order valence-corrected chi connectivity index (χ1v) is 9.37. The number of carbonyl (C=O) groups excluding carboxylic acids is 1. The summed E-state index contributed by atoms with van der Waals surface area (Å²) in [6, 6.07) is 13.2. The standard InChI is InChI=1S/C21H22N6O/c1-26(19-8-10-24-20-18(19)7-9-23-20)17-6-3-11-27(14-17)21(28)25-16-5-2-4-15(12-16)13-22/h2,4-5,7-10,12,17H,3,6,11,14H2,1H3,(H,23,24)(H,25,28). The monoisotopic (exact) mass is 374 g/mol. The second kappa shape index (κ2) is 7.61. The third kappa shape index (κ3) is 3.49. The molecule has 2 N–H and O–H groups in total. The van der Waals surface area contributed by atoms with Crippen LogP contribution in [-0.4, -0.2) is 47.1 Å². The van der Waals surface area contributed by atoms with E-state index in [0.717, 1.165) is 36.1 Å². The van der Waals surface area contributed by atoms with E-state index in [1.165, 1.54) is 0 Å². The van der Waals surface area contributed by atoms with E-state index in [9.17, 15) is 4.79 Å². The van der Waals surface area contributed by atoms with Crippen molar-refractivity contribution in [2.75, 3.05) is 30.4 Å². The predicted molar refractivity (Wildman–Crippen MR) is 109 cm³/mol. The maximum absolute atomic E-state index is 12.7. The van der Waals surface area contributed by atoms with Crippen LogP contribution in [0.1, 0.15) is 18.4 Å². The van der Waals surface area contributed by atoms with E-state index in [1.54, 1.807) is 30.5 Å². The van der Waals surface area contributed by atoms with Crippen molar-refractivity contribution in [1.82, 2.24) is 14.9 Å². The SMILES string of the molecule is CN(c1ccnc2[nH]ccc12)C1CCCN(C(=O)Nc2cccc(C#N)c2)C1. The largest absolute Gasteiger partial charge is 0.369 e. The number of nitrogens with zero attached hydrogens (tertiary/aromatic N) is 4. The molecular weight excluding hydrogens is 352 g/mol. The highest BCUT2D eigenvalue weighted by atomic mass is 16.2. The fourth-order valence-electron chi connectivity index (χ4n) is 3.77. The van der Waals surface area contributed by atoms with Gasteiger partial charge in [0, 0.05) is 55.3 Å². The Morgan fingerprint density at radius 3 is 3.14 bits per heavy atom. The number of urea groups is 1. The average Bonchev–Trinajstić information content (AvgIpc) is 3.22. The van der Waals surface area contributed by atoms with Gasteiger partial charge in [-0.1, -0.05) is 6.07 Å². The number of hydrogen-bond acceptors (Lipinski definition) is 4. The molecule has 1 fully saturated rings. The fourth-order valence-corrected chi connectivity index (χ4v) is 3.77. The van der Waals surface area contributed by atoms with Crippen LogP contribution in [0.15, 0.2) is 48.8 Å². The van der Waals surface area contributed by atoms with E-state index < -0.39 is 0 Å². The number of H-pyrrole nitrogens is 1. The first kappa shape index (κ1) is 17.9. The van der Waals surface area contributed by atoms with Crippen LogP contribution in [0.2, 0.25) is 0 Å². The number of likely N-dealkylation sites (tertiary alicyclic amines) is 1. The summed E-state index contributed by atoms with van der Waals surface area (Å²) in [7, 11) is 2.07. The minimum Gasteiger partial charge on any atom is -0.369 e. The van der Waals surface area contributed by atoms with Gasteiger partial charge in [-0.05, 0) is 43.2 Å². The first-order chi connectivity index (χ1) is 13.7. The molecule has 1 aliphatic heterocycles. The predicted octanol–water partition coefficient (Wildman–Crippen LogP) is 3.57. The quantitative estimate of drug-likeness (QED) is 0.734. The van der Waals surface area contributed by atoms with Crippen LogP contribution in [0, 0.1) is 11.3 Å². The number of piperidine rings is 1. The number of hydrogen-bond donors (Lipinski definition) is 2. The molecule has 7 heteroatoms. The Morgan fingerprint density at radius 2 is 2.29 bits per heavy atom. The normalized spacial score (nSPS) is 16.6. The number of aromatic nitrogens is 2. The number of carbonyl (C=O) groups is 1. The van der Waals surface area contributed by atoms with E-state index in [4.69, 9.17) is 5.26 Å². The number of likely N-dealkylation sites (N-methyl/N-ethyl adjacent to an activating group) is 1. The molecule has 1 unspecified atom stereocenters. The maximum atomic E-state index is 12.7. The zero-order valence-corrected chi connectivity index (χ0v) is 15.7. The van der Waals surface area contributed by atoms with Gasteiger partial charge in [-0.3, -0.25) is 0 Å². The van der Waals surface area contributed by atoms with Crippen LogP contribution in [0.3, 0.4) is 0 Å². The summed E-state index contributed by atoms with van der Waals surface area (Å²) < 4.78 is 0. The molecule has 1 saturated heterocycles. The molecule has 0 radical (unpaired) electrons. The highest BCUT2D eigenvalue weighted by Gasteiger charge is 2.27. The molecule has 142 valence electrons. The Balaban J connectivity index is 1.47. The highest BCUT2D eigenvalue weighted by Crippen LogP contribution is 2.28. The van der Waals surface area contributed by atoms with Gasteiger partial charge < -0.3 is 20.1 Å². The number of aromatic amines is 1. The Bertz CT molecular complexity index is 1040. The highest BCUT2D eigenvalue weighted by molar-refractivity contribution is 5.91. The first-order valence-electron chi connectivity index (χ1n) is 9.37. The molecule has 2 amide bonds. The van der Waals surface area contributed by atoms with Crippen LogP contribution < -0.4 is 10.2 Å². The van der Waals surface area contributed by atoms with Gasteiger partial charge in [-0.2, -0.15) is 5.26 Å². The second-order valence-electron chi connectivity index (χ2n) is 7.05. The molecule has 4 rings (SSSR count). The number of benzene rings is 1. The topological polar surface area (TPSA) is 88.1 Å². The van der Waals surface area contributed by atoms with Crippen molar-refractivity contribution in [2.24, 2.45) is 0 Å². The van der Waals surface area contributed by atoms with Crippen LogP contribution >= 0.6 is 0 Å². The average molecular weight is 374 g/mol. The molecule has 1 aromatic carbocycles. The number of nitriles is 1. The lowest BCUT2D eigenvalue weighted by Crippen LogP contribution is -2.50. The van der Waals surface area contributed by atoms with Crippen molar-refractivity contribution < 1.29 is 4.79 Å². The lowest BCUT2D eigenvalue weighted by Gasteiger charge is -2.38. The zero-order chi connectivity index (χ0) is 19.5. The van der Waals surface area contributed by atoms with Gasteiger partial charge in [0.1, 0.15) is 5.65 Å².